The minimum Gasteiger partial charge on any atom is -0.464 e. The predicted octanol–water partition coefficient (Wildman–Crippen LogP) is 4.58. The van der Waals surface area contributed by atoms with Crippen molar-refractivity contribution in [1.82, 2.24) is 0 Å². The monoisotopic (exact) mass is 305 g/mol. The Morgan fingerprint density at radius 1 is 1.27 bits per heavy atom. The summed E-state index contributed by atoms with van der Waals surface area (Å²) in [6.07, 6.45) is 4.04. The van der Waals surface area contributed by atoms with Crippen molar-refractivity contribution in [2.24, 2.45) is 5.92 Å². The van der Waals surface area contributed by atoms with E-state index in [0.717, 1.165) is 38.8 Å². The van der Waals surface area contributed by atoms with Gasteiger partial charge in [-0.15, -0.1) is 0 Å². The van der Waals surface area contributed by atoms with Crippen LogP contribution in [0.1, 0.15) is 52.0 Å². The molecule has 1 aromatic carbocycles. The minimum atomic E-state index is -0.0313. The van der Waals surface area contributed by atoms with Gasteiger partial charge in [-0.1, -0.05) is 38.8 Å². The van der Waals surface area contributed by atoms with Crippen LogP contribution in [-0.4, -0.2) is 25.7 Å². The van der Waals surface area contributed by atoms with E-state index in [-0.39, 0.29) is 11.9 Å². The SMILES string of the molecule is CCCCC(CC)C(=O)OCCN(CC)c1cccc(C)c1. The van der Waals surface area contributed by atoms with Crippen molar-refractivity contribution in [3.05, 3.63) is 29.8 Å². The van der Waals surface area contributed by atoms with E-state index in [1.807, 2.05) is 0 Å². The van der Waals surface area contributed by atoms with Gasteiger partial charge in [-0.2, -0.15) is 0 Å². The van der Waals surface area contributed by atoms with E-state index in [2.05, 4.69) is 56.9 Å². The Morgan fingerprint density at radius 2 is 2.05 bits per heavy atom. The Bertz CT molecular complexity index is 445. The molecule has 3 nitrogen and oxygen atoms in total. The third kappa shape index (κ3) is 6.08. The first-order valence-electron chi connectivity index (χ1n) is 8.60. The zero-order valence-electron chi connectivity index (χ0n) is 14.6. The van der Waals surface area contributed by atoms with Crippen LogP contribution in [0, 0.1) is 12.8 Å². The van der Waals surface area contributed by atoms with E-state index < -0.39 is 0 Å². The van der Waals surface area contributed by atoms with Gasteiger partial charge < -0.3 is 9.64 Å². The van der Waals surface area contributed by atoms with Gasteiger partial charge >= 0.3 is 5.97 Å². The average Bonchev–Trinajstić information content (AvgIpc) is 2.52. The van der Waals surface area contributed by atoms with E-state index >= 15 is 0 Å². The van der Waals surface area contributed by atoms with Crippen LogP contribution >= 0.6 is 0 Å². The Balaban J connectivity index is 2.45. The van der Waals surface area contributed by atoms with Crippen molar-refractivity contribution in [2.75, 3.05) is 24.6 Å². The molecule has 0 aliphatic rings. The quantitative estimate of drug-likeness (QED) is 0.593. The summed E-state index contributed by atoms with van der Waals surface area (Å²) in [4.78, 5) is 14.3. The maximum atomic E-state index is 12.1. The van der Waals surface area contributed by atoms with Crippen LogP contribution in [0.3, 0.4) is 0 Å². The molecule has 22 heavy (non-hydrogen) atoms. The molecular formula is C19H31NO2. The lowest BCUT2D eigenvalue weighted by Gasteiger charge is -2.24. The van der Waals surface area contributed by atoms with Gasteiger partial charge in [-0.25, -0.2) is 0 Å². The lowest BCUT2D eigenvalue weighted by Crippen LogP contribution is -2.29. The van der Waals surface area contributed by atoms with E-state index in [4.69, 9.17) is 4.74 Å². The zero-order valence-corrected chi connectivity index (χ0v) is 14.6. The van der Waals surface area contributed by atoms with E-state index in [1.165, 1.54) is 11.3 Å². The second-order valence-corrected chi connectivity index (χ2v) is 5.83. The number of likely N-dealkylation sites (N-methyl/N-ethyl adjacent to an activating group) is 1. The van der Waals surface area contributed by atoms with Crippen LogP contribution in [0.5, 0.6) is 0 Å². The van der Waals surface area contributed by atoms with Gasteiger partial charge in [0, 0.05) is 12.2 Å². The number of carbonyl (C=O) groups is 1. The molecule has 0 N–H and O–H groups in total. The summed E-state index contributed by atoms with van der Waals surface area (Å²) in [6, 6.07) is 8.43. The first-order chi connectivity index (χ1) is 10.6. The molecule has 0 bridgehead atoms. The number of esters is 1. The van der Waals surface area contributed by atoms with Gasteiger partial charge in [0.05, 0.1) is 12.5 Å². The second-order valence-electron chi connectivity index (χ2n) is 5.83. The number of ether oxygens (including phenoxy) is 1. The number of unbranched alkanes of at least 4 members (excludes halogenated alkanes) is 1. The molecule has 1 aromatic rings. The lowest BCUT2D eigenvalue weighted by atomic mass is 10.00. The first kappa shape index (κ1) is 18.5. The number of nitrogens with zero attached hydrogens (tertiary/aromatic N) is 1. The highest BCUT2D eigenvalue weighted by molar-refractivity contribution is 5.72. The second kappa shape index (κ2) is 10.3. The number of hydrogen-bond acceptors (Lipinski definition) is 3. The Hall–Kier alpha value is -1.51. The summed E-state index contributed by atoms with van der Waals surface area (Å²) in [5, 5.41) is 0. The molecule has 1 unspecified atom stereocenters. The zero-order chi connectivity index (χ0) is 16.4. The summed E-state index contributed by atoms with van der Waals surface area (Å²) in [7, 11) is 0. The van der Waals surface area contributed by atoms with Crippen LogP contribution in [0.2, 0.25) is 0 Å². The van der Waals surface area contributed by atoms with Crippen molar-refractivity contribution >= 4 is 11.7 Å². The minimum absolute atomic E-state index is 0.0313. The topological polar surface area (TPSA) is 29.5 Å². The molecule has 0 aliphatic carbocycles. The van der Waals surface area contributed by atoms with Crippen molar-refractivity contribution in [3.8, 4) is 0 Å². The summed E-state index contributed by atoms with van der Waals surface area (Å²) < 4.78 is 5.50. The average molecular weight is 305 g/mol. The highest BCUT2D eigenvalue weighted by Gasteiger charge is 2.17. The summed E-state index contributed by atoms with van der Waals surface area (Å²) in [5.74, 6) is 0.0326. The molecule has 0 amide bonds. The summed E-state index contributed by atoms with van der Waals surface area (Å²) >= 11 is 0. The maximum Gasteiger partial charge on any atom is 0.308 e. The third-order valence-electron chi connectivity index (χ3n) is 4.09. The van der Waals surface area contributed by atoms with E-state index in [1.54, 1.807) is 0 Å². The normalized spacial score (nSPS) is 12.0. The van der Waals surface area contributed by atoms with Crippen LogP contribution in [0.15, 0.2) is 24.3 Å². The summed E-state index contributed by atoms with van der Waals surface area (Å²) in [5.41, 5.74) is 2.44. The highest BCUT2D eigenvalue weighted by atomic mass is 16.5. The number of carbonyl (C=O) groups excluding carboxylic acids is 1. The van der Waals surface area contributed by atoms with Crippen molar-refractivity contribution in [2.45, 2.75) is 53.4 Å². The Morgan fingerprint density at radius 3 is 2.64 bits per heavy atom. The number of hydrogen-bond donors (Lipinski definition) is 0. The van der Waals surface area contributed by atoms with Gasteiger partial charge in [0.2, 0.25) is 0 Å². The lowest BCUT2D eigenvalue weighted by molar-refractivity contribution is -0.148. The predicted molar refractivity (Wildman–Crippen MR) is 93.3 cm³/mol. The first-order valence-corrected chi connectivity index (χ1v) is 8.60. The van der Waals surface area contributed by atoms with E-state index in [0.29, 0.717) is 6.61 Å². The molecule has 0 saturated heterocycles. The molecule has 0 saturated carbocycles. The fourth-order valence-electron chi connectivity index (χ4n) is 2.61. The highest BCUT2D eigenvalue weighted by Crippen LogP contribution is 2.16. The van der Waals surface area contributed by atoms with E-state index in [9.17, 15) is 4.79 Å². The smallest absolute Gasteiger partial charge is 0.308 e. The molecule has 1 rings (SSSR count). The molecule has 0 radical (unpaired) electrons. The van der Waals surface area contributed by atoms with Gasteiger partial charge in [-0.3, -0.25) is 4.79 Å². The molecule has 0 aliphatic heterocycles. The fraction of sp³-hybridized carbons (Fsp3) is 0.632. The van der Waals surface area contributed by atoms with Gasteiger partial charge in [-0.05, 0) is 44.4 Å². The van der Waals surface area contributed by atoms with Crippen molar-refractivity contribution < 1.29 is 9.53 Å². The molecule has 0 fully saturated rings. The molecule has 0 heterocycles. The maximum absolute atomic E-state index is 12.1. The van der Waals surface area contributed by atoms with Crippen LogP contribution in [0.25, 0.3) is 0 Å². The number of benzene rings is 1. The van der Waals surface area contributed by atoms with Gasteiger partial charge in [0.25, 0.3) is 0 Å². The molecule has 1 atom stereocenters. The molecule has 0 spiro atoms. The van der Waals surface area contributed by atoms with Gasteiger partial charge in [0.15, 0.2) is 0 Å². The number of anilines is 1. The number of aryl methyl sites for hydroxylation is 1. The Kier molecular flexibility index (Phi) is 8.64. The fourth-order valence-corrected chi connectivity index (χ4v) is 2.61. The molecular weight excluding hydrogens is 274 g/mol. The standard InChI is InChI=1S/C19H31NO2/c1-5-8-11-17(6-2)19(21)22-14-13-20(7-3)18-12-9-10-16(4)15-18/h9-10,12,15,17H,5-8,11,13-14H2,1-4H3. The van der Waals surface area contributed by atoms with Crippen LogP contribution in [-0.2, 0) is 9.53 Å². The number of rotatable bonds is 10. The Labute approximate surface area is 135 Å². The van der Waals surface area contributed by atoms with Crippen LogP contribution in [0.4, 0.5) is 5.69 Å². The molecule has 3 heteroatoms. The molecule has 0 aromatic heterocycles. The van der Waals surface area contributed by atoms with Crippen molar-refractivity contribution in [1.29, 1.82) is 0 Å². The van der Waals surface area contributed by atoms with Crippen molar-refractivity contribution in [3.63, 3.8) is 0 Å². The largest absolute Gasteiger partial charge is 0.464 e. The van der Waals surface area contributed by atoms with Crippen LogP contribution < -0.4 is 4.90 Å². The van der Waals surface area contributed by atoms with Gasteiger partial charge in [0.1, 0.15) is 6.61 Å². The third-order valence-corrected chi connectivity index (χ3v) is 4.09. The molecule has 124 valence electrons. The summed E-state index contributed by atoms with van der Waals surface area (Å²) in [6.45, 7) is 10.6.